The van der Waals surface area contributed by atoms with E-state index in [9.17, 15) is 18.7 Å². The molecule has 6 nitrogen and oxygen atoms in total. The predicted molar refractivity (Wildman–Crippen MR) is 126 cm³/mol. The molecule has 0 amide bonds. The highest BCUT2D eigenvalue weighted by atomic mass is 31.2. The SMILES string of the molecule is CCCCCOc1ccc2c(oc3c(F)c(Oc4c(C)cc(P(=O)(O)O)cc4C)ccc32)c1F. The van der Waals surface area contributed by atoms with Gasteiger partial charge >= 0.3 is 7.60 Å². The van der Waals surface area contributed by atoms with Crippen LogP contribution in [0.2, 0.25) is 0 Å². The molecule has 0 unspecified atom stereocenters. The molecule has 0 atom stereocenters. The second-order valence-electron chi connectivity index (χ2n) is 8.22. The first-order chi connectivity index (χ1) is 16.1. The van der Waals surface area contributed by atoms with Crippen molar-refractivity contribution < 1.29 is 37.0 Å². The molecule has 1 heterocycles. The van der Waals surface area contributed by atoms with Gasteiger partial charge in [-0.1, -0.05) is 19.8 Å². The van der Waals surface area contributed by atoms with Crippen molar-refractivity contribution >= 4 is 34.8 Å². The summed E-state index contributed by atoms with van der Waals surface area (Å²) in [6, 6.07) is 8.74. The fraction of sp³-hybridized carbons (Fsp3) is 0.280. The van der Waals surface area contributed by atoms with Crippen LogP contribution < -0.4 is 14.8 Å². The average molecular weight is 490 g/mol. The Morgan fingerprint density at radius 1 is 0.912 bits per heavy atom. The summed E-state index contributed by atoms with van der Waals surface area (Å²) < 4.78 is 58.8. The third-order valence-electron chi connectivity index (χ3n) is 5.62. The quantitative estimate of drug-likeness (QED) is 0.212. The third kappa shape index (κ3) is 4.53. The summed E-state index contributed by atoms with van der Waals surface area (Å²) in [6.07, 6.45) is 2.80. The molecular formula is C25H25F2O6P. The van der Waals surface area contributed by atoms with Crippen LogP contribution in [0.4, 0.5) is 8.78 Å². The summed E-state index contributed by atoms with van der Waals surface area (Å²) in [6.45, 7) is 5.66. The molecule has 0 saturated heterocycles. The minimum atomic E-state index is -4.44. The molecule has 2 N–H and O–H groups in total. The number of fused-ring (bicyclic) bond motifs is 3. The first-order valence-corrected chi connectivity index (χ1v) is 12.5. The van der Waals surface area contributed by atoms with Crippen LogP contribution in [0.3, 0.4) is 0 Å². The highest BCUT2D eigenvalue weighted by Crippen LogP contribution is 2.41. The van der Waals surface area contributed by atoms with Crippen molar-refractivity contribution in [2.45, 2.75) is 40.0 Å². The summed E-state index contributed by atoms with van der Waals surface area (Å²) in [5, 5.41) is 0.657. The summed E-state index contributed by atoms with van der Waals surface area (Å²) in [5.74, 6) is -1.34. The maximum atomic E-state index is 15.3. The molecule has 4 rings (SSSR count). The number of furan rings is 1. The molecule has 0 fully saturated rings. The number of rotatable bonds is 8. The van der Waals surface area contributed by atoms with E-state index in [1.165, 1.54) is 24.3 Å². The molecule has 0 bridgehead atoms. The predicted octanol–water partition coefficient (Wildman–Crippen LogP) is 6.65. The second-order valence-corrected chi connectivity index (χ2v) is 9.83. The topological polar surface area (TPSA) is 89.1 Å². The van der Waals surface area contributed by atoms with Gasteiger partial charge in [-0.15, -0.1) is 0 Å². The largest absolute Gasteiger partial charge is 0.490 e. The van der Waals surface area contributed by atoms with Crippen LogP contribution >= 0.6 is 7.60 Å². The first kappa shape index (κ1) is 24.2. The van der Waals surface area contributed by atoms with E-state index in [0.717, 1.165) is 19.3 Å². The normalized spacial score (nSPS) is 12.0. The van der Waals surface area contributed by atoms with Gasteiger partial charge < -0.3 is 23.7 Å². The Morgan fingerprint density at radius 2 is 1.47 bits per heavy atom. The molecule has 1 aromatic heterocycles. The molecule has 3 aromatic carbocycles. The number of hydrogen-bond donors (Lipinski definition) is 2. The minimum absolute atomic E-state index is 0.0518. The van der Waals surface area contributed by atoms with Crippen molar-refractivity contribution in [2.75, 3.05) is 6.61 Å². The van der Waals surface area contributed by atoms with E-state index in [1.807, 2.05) is 0 Å². The van der Waals surface area contributed by atoms with E-state index in [2.05, 4.69) is 6.92 Å². The number of aryl methyl sites for hydroxylation is 2. The van der Waals surface area contributed by atoms with E-state index in [-0.39, 0.29) is 33.7 Å². The first-order valence-electron chi connectivity index (χ1n) is 10.9. The fourth-order valence-electron chi connectivity index (χ4n) is 3.89. The summed E-state index contributed by atoms with van der Waals surface area (Å²) in [4.78, 5) is 18.8. The van der Waals surface area contributed by atoms with Gasteiger partial charge in [0.15, 0.2) is 22.7 Å². The Kier molecular flexibility index (Phi) is 6.67. The molecule has 0 aliphatic carbocycles. The molecule has 0 radical (unpaired) electrons. The minimum Gasteiger partial charge on any atom is -0.490 e. The summed E-state index contributed by atoms with van der Waals surface area (Å²) >= 11 is 0. The van der Waals surface area contributed by atoms with Gasteiger partial charge in [-0.2, -0.15) is 8.78 Å². The van der Waals surface area contributed by atoms with Crippen LogP contribution in [0.1, 0.15) is 37.3 Å². The van der Waals surface area contributed by atoms with Gasteiger partial charge in [0.1, 0.15) is 5.75 Å². The van der Waals surface area contributed by atoms with Crippen LogP contribution in [-0.2, 0) is 4.57 Å². The van der Waals surface area contributed by atoms with Crippen LogP contribution in [0.15, 0.2) is 40.8 Å². The zero-order valence-electron chi connectivity index (χ0n) is 19.0. The fourth-order valence-corrected chi connectivity index (χ4v) is 4.62. The Labute approximate surface area is 195 Å². The van der Waals surface area contributed by atoms with E-state index >= 15 is 4.39 Å². The van der Waals surface area contributed by atoms with Crippen LogP contribution in [-0.4, -0.2) is 16.4 Å². The number of hydrogen-bond acceptors (Lipinski definition) is 4. The molecule has 0 spiro atoms. The number of ether oxygens (including phenoxy) is 2. The molecule has 0 aliphatic rings. The van der Waals surface area contributed by atoms with Crippen LogP contribution in [0, 0.1) is 25.5 Å². The Bertz CT molecular complexity index is 1400. The number of benzene rings is 3. The Morgan fingerprint density at radius 3 is 2.03 bits per heavy atom. The number of halogens is 2. The Hall–Kier alpha value is -2.93. The molecule has 4 aromatic rings. The van der Waals surface area contributed by atoms with E-state index in [4.69, 9.17) is 13.9 Å². The van der Waals surface area contributed by atoms with Gasteiger partial charge in [0.05, 0.1) is 11.9 Å². The van der Waals surface area contributed by atoms with Gasteiger partial charge in [0.2, 0.25) is 11.6 Å². The van der Waals surface area contributed by atoms with Gasteiger partial charge in [0.25, 0.3) is 0 Å². The van der Waals surface area contributed by atoms with Gasteiger partial charge in [-0.25, -0.2) is 0 Å². The van der Waals surface area contributed by atoms with Crippen molar-refractivity contribution in [1.29, 1.82) is 0 Å². The van der Waals surface area contributed by atoms with Gasteiger partial charge in [-0.3, -0.25) is 4.57 Å². The lowest BCUT2D eigenvalue weighted by atomic mass is 10.1. The zero-order valence-corrected chi connectivity index (χ0v) is 19.9. The van der Waals surface area contributed by atoms with Crippen molar-refractivity contribution in [2.24, 2.45) is 0 Å². The van der Waals surface area contributed by atoms with Crippen molar-refractivity contribution in [3.8, 4) is 17.2 Å². The highest BCUT2D eigenvalue weighted by molar-refractivity contribution is 7.60. The monoisotopic (exact) mass is 490 g/mol. The lowest BCUT2D eigenvalue weighted by molar-refractivity contribution is 0.291. The second kappa shape index (κ2) is 9.37. The maximum absolute atomic E-state index is 15.3. The highest BCUT2D eigenvalue weighted by Gasteiger charge is 2.23. The van der Waals surface area contributed by atoms with Crippen LogP contribution in [0.5, 0.6) is 17.2 Å². The Balaban J connectivity index is 1.71. The van der Waals surface area contributed by atoms with Crippen LogP contribution in [0.25, 0.3) is 21.9 Å². The van der Waals surface area contributed by atoms with Gasteiger partial charge in [-0.05, 0) is 67.8 Å². The maximum Gasteiger partial charge on any atom is 0.356 e. The smallest absolute Gasteiger partial charge is 0.356 e. The molecule has 0 saturated carbocycles. The summed E-state index contributed by atoms with van der Waals surface area (Å²) in [5.41, 5.74) is 0.603. The van der Waals surface area contributed by atoms with E-state index in [0.29, 0.717) is 28.5 Å². The summed E-state index contributed by atoms with van der Waals surface area (Å²) in [7, 11) is -4.44. The lowest BCUT2D eigenvalue weighted by Gasteiger charge is -2.15. The van der Waals surface area contributed by atoms with Crippen molar-refractivity contribution in [3.05, 3.63) is 59.2 Å². The lowest BCUT2D eigenvalue weighted by Crippen LogP contribution is -2.07. The molecule has 34 heavy (non-hydrogen) atoms. The molecule has 180 valence electrons. The average Bonchev–Trinajstić information content (AvgIpc) is 3.16. The molecular weight excluding hydrogens is 465 g/mol. The van der Waals surface area contributed by atoms with E-state index < -0.39 is 19.2 Å². The molecule has 0 aliphatic heterocycles. The third-order valence-corrected chi connectivity index (χ3v) is 6.55. The van der Waals surface area contributed by atoms with Gasteiger partial charge in [0, 0.05) is 10.8 Å². The zero-order chi connectivity index (χ0) is 24.6. The number of unbranched alkanes of at least 4 members (excludes halogenated alkanes) is 2. The standard InChI is InChI=1S/C25H25F2O6P/c1-4-5-6-11-31-19-9-7-17-18-8-10-20(22(27)25(18)33-24(17)21(19)26)32-23-14(2)12-16(13-15(23)3)34(28,29)30/h7-10,12-13H,4-6,11H2,1-3H3,(H2,28,29,30). The van der Waals surface area contributed by atoms with Crippen molar-refractivity contribution in [3.63, 3.8) is 0 Å². The molecule has 9 heteroatoms. The van der Waals surface area contributed by atoms with E-state index in [1.54, 1.807) is 26.0 Å². The van der Waals surface area contributed by atoms with Crippen molar-refractivity contribution in [1.82, 2.24) is 0 Å².